The normalized spacial score (nSPS) is 11.9. The second-order valence-electron chi connectivity index (χ2n) is 3.69. The van der Waals surface area contributed by atoms with Crippen LogP contribution in [0.1, 0.15) is 10.7 Å². The number of thiazole rings is 1. The number of sulfonamides is 1. The van der Waals surface area contributed by atoms with E-state index in [9.17, 15) is 8.42 Å². The number of thiophene rings is 1. The predicted molar refractivity (Wildman–Crippen MR) is 82.8 cm³/mol. The van der Waals surface area contributed by atoms with Crippen LogP contribution in [0.25, 0.3) is 0 Å². The minimum atomic E-state index is -3.50. The van der Waals surface area contributed by atoms with Crippen LogP contribution in [0.3, 0.4) is 0 Å². The third-order valence-corrected chi connectivity index (χ3v) is 7.46. The second kappa shape index (κ2) is 6.19. The van der Waals surface area contributed by atoms with Crippen LogP contribution in [0, 0.1) is 6.92 Å². The molecule has 4 nitrogen and oxygen atoms in total. The van der Waals surface area contributed by atoms with Crippen molar-refractivity contribution in [2.45, 2.75) is 17.6 Å². The Morgan fingerprint density at radius 2 is 2.26 bits per heavy atom. The molecule has 0 aliphatic rings. The van der Waals surface area contributed by atoms with Gasteiger partial charge in [0.1, 0.15) is 4.21 Å². The Morgan fingerprint density at radius 1 is 1.53 bits per heavy atom. The highest BCUT2D eigenvalue weighted by Gasteiger charge is 2.18. The van der Waals surface area contributed by atoms with Gasteiger partial charge in [-0.1, -0.05) is 11.6 Å². The average molecular weight is 402 g/mol. The van der Waals surface area contributed by atoms with Gasteiger partial charge in [0.15, 0.2) is 0 Å². The Bertz CT molecular complexity index is 661. The molecule has 0 saturated carbocycles. The van der Waals surface area contributed by atoms with Gasteiger partial charge in [-0.15, -0.1) is 22.7 Å². The van der Waals surface area contributed by atoms with Gasteiger partial charge in [-0.05, 0) is 28.9 Å². The van der Waals surface area contributed by atoms with Gasteiger partial charge in [0.25, 0.3) is 0 Å². The van der Waals surface area contributed by atoms with Gasteiger partial charge in [0.2, 0.25) is 10.0 Å². The van der Waals surface area contributed by atoms with Gasteiger partial charge in [0.05, 0.1) is 19.5 Å². The maximum absolute atomic E-state index is 12.0. The summed E-state index contributed by atoms with van der Waals surface area (Å²) in [7, 11) is -3.50. The number of rotatable bonds is 5. The van der Waals surface area contributed by atoms with Crippen LogP contribution in [0.2, 0.25) is 5.02 Å². The monoisotopic (exact) mass is 400 g/mol. The first-order valence-electron chi connectivity index (χ1n) is 5.24. The number of hydrogen-bond donors (Lipinski definition) is 1. The Balaban J connectivity index is 1.98. The maximum Gasteiger partial charge on any atom is 0.250 e. The molecule has 0 bridgehead atoms. The van der Waals surface area contributed by atoms with E-state index >= 15 is 0 Å². The molecule has 0 unspecified atom stereocenters. The molecular formula is C10H10BrClN2O2S3. The summed E-state index contributed by atoms with van der Waals surface area (Å²) in [5, 5.41) is 3.31. The molecule has 0 aliphatic heterocycles. The zero-order chi connectivity index (χ0) is 14.0. The molecule has 19 heavy (non-hydrogen) atoms. The van der Waals surface area contributed by atoms with E-state index in [2.05, 4.69) is 25.6 Å². The molecule has 0 radical (unpaired) electrons. The van der Waals surface area contributed by atoms with E-state index in [0.29, 0.717) is 21.8 Å². The first kappa shape index (κ1) is 15.4. The third kappa shape index (κ3) is 3.99. The van der Waals surface area contributed by atoms with Crippen LogP contribution in [0.5, 0.6) is 0 Å². The molecule has 0 aliphatic carbocycles. The summed E-state index contributed by atoms with van der Waals surface area (Å²) < 4.78 is 27.4. The van der Waals surface area contributed by atoms with E-state index in [-0.39, 0.29) is 4.21 Å². The summed E-state index contributed by atoms with van der Waals surface area (Å²) in [4.78, 5) is 4.28. The van der Waals surface area contributed by atoms with Gasteiger partial charge in [-0.2, -0.15) is 0 Å². The number of hydrogen-bond acceptors (Lipinski definition) is 5. The minimum Gasteiger partial charge on any atom is -0.247 e. The van der Waals surface area contributed by atoms with Crippen LogP contribution in [0.4, 0.5) is 0 Å². The molecule has 2 rings (SSSR count). The van der Waals surface area contributed by atoms with E-state index in [1.54, 1.807) is 11.3 Å². The molecule has 0 aromatic carbocycles. The average Bonchev–Trinajstić information content (AvgIpc) is 2.87. The van der Waals surface area contributed by atoms with Crippen molar-refractivity contribution in [3.8, 4) is 0 Å². The number of nitrogens with zero attached hydrogens (tertiary/aromatic N) is 1. The second-order valence-corrected chi connectivity index (χ2v) is 9.53. The van der Waals surface area contributed by atoms with Crippen LogP contribution in [0.15, 0.2) is 19.4 Å². The van der Waals surface area contributed by atoms with Gasteiger partial charge in [0, 0.05) is 18.3 Å². The van der Waals surface area contributed by atoms with E-state index in [1.807, 2.05) is 12.3 Å². The largest absolute Gasteiger partial charge is 0.250 e. The molecule has 104 valence electrons. The number of aromatic nitrogens is 1. The SMILES string of the molecule is Cc1nc(CCNS(=O)(=O)c2cc(Cl)c(Br)s2)cs1. The zero-order valence-corrected chi connectivity index (χ0v) is 14.6. The van der Waals surface area contributed by atoms with E-state index < -0.39 is 10.0 Å². The first-order chi connectivity index (χ1) is 8.88. The van der Waals surface area contributed by atoms with Crippen molar-refractivity contribution in [3.05, 3.63) is 31.0 Å². The van der Waals surface area contributed by atoms with Crippen molar-refractivity contribution in [2.24, 2.45) is 0 Å². The summed E-state index contributed by atoms with van der Waals surface area (Å²) >= 11 is 11.7. The van der Waals surface area contributed by atoms with Crippen LogP contribution >= 0.6 is 50.2 Å². The molecule has 0 amide bonds. The highest BCUT2D eigenvalue weighted by atomic mass is 79.9. The Morgan fingerprint density at radius 3 is 2.79 bits per heavy atom. The minimum absolute atomic E-state index is 0.207. The lowest BCUT2D eigenvalue weighted by atomic mass is 10.3. The topological polar surface area (TPSA) is 59.1 Å². The summed E-state index contributed by atoms with van der Waals surface area (Å²) in [6.45, 7) is 2.24. The van der Waals surface area contributed by atoms with E-state index in [0.717, 1.165) is 22.0 Å². The maximum atomic E-state index is 12.0. The fourth-order valence-electron chi connectivity index (χ4n) is 1.37. The van der Waals surface area contributed by atoms with Crippen LogP contribution in [-0.4, -0.2) is 19.9 Å². The first-order valence-corrected chi connectivity index (χ1v) is 9.59. The lowest BCUT2D eigenvalue weighted by molar-refractivity contribution is 0.583. The Hall–Kier alpha value is 0.01000. The van der Waals surface area contributed by atoms with Gasteiger partial charge >= 0.3 is 0 Å². The van der Waals surface area contributed by atoms with Crippen molar-refractivity contribution >= 4 is 60.2 Å². The molecule has 0 fully saturated rings. The summed E-state index contributed by atoms with van der Waals surface area (Å²) in [5.41, 5.74) is 0.899. The van der Waals surface area contributed by atoms with E-state index in [4.69, 9.17) is 11.6 Å². The summed E-state index contributed by atoms with van der Waals surface area (Å²) in [6, 6.07) is 1.44. The van der Waals surface area contributed by atoms with Crippen LogP contribution < -0.4 is 4.72 Å². The smallest absolute Gasteiger partial charge is 0.247 e. The summed E-state index contributed by atoms with van der Waals surface area (Å²) in [5.74, 6) is 0. The fraction of sp³-hybridized carbons (Fsp3) is 0.300. The molecule has 2 aromatic rings. The molecule has 0 atom stereocenters. The number of aryl methyl sites for hydroxylation is 1. The molecule has 9 heteroatoms. The Kier molecular flexibility index (Phi) is 5.02. The highest BCUT2D eigenvalue weighted by Crippen LogP contribution is 2.34. The van der Waals surface area contributed by atoms with Gasteiger partial charge in [-0.3, -0.25) is 0 Å². The third-order valence-electron chi connectivity index (χ3n) is 2.23. The molecule has 2 aromatic heterocycles. The molecule has 0 saturated heterocycles. The lowest BCUT2D eigenvalue weighted by Crippen LogP contribution is -2.25. The molecule has 0 spiro atoms. The standard InChI is InChI=1S/C10H10BrClN2O2S3/c1-6-14-7(5-17-6)2-3-13-19(15,16)9-4-8(12)10(11)18-9/h4-5,13H,2-3H2,1H3. The number of halogens is 2. The van der Waals surface area contributed by atoms with Crippen molar-refractivity contribution in [2.75, 3.05) is 6.54 Å². The zero-order valence-electron chi connectivity index (χ0n) is 9.81. The molecular weight excluding hydrogens is 392 g/mol. The molecule has 1 N–H and O–H groups in total. The molecule has 2 heterocycles. The van der Waals surface area contributed by atoms with Gasteiger partial charge < -0.3 is 0 Å². The fourth-order valence-corrected chi connectivity index (χ4v) is 5.49. The predicted octanol–water partition coefficient (Wildman–Crippen LogP) is 3.45. The number of nitrogens with one attached hydrogen (secondary N) is 1. The van der Waals surface area contributed by atoms with Crippen molar-refractivity contribution in [1.82, 2.24) is 9.71 Å². The summed E-state index contributed by atoms with van der Waals surface area (Å²) in [6.07, 6.45) is 0.573. The van der Waals surface area contributed by atoms with Crippen molar-refractivity contribution in [1.29, 1.82) is 0 Å². The highest BCUT2D eigenvalue weighted by molar-refractivity contribution is 9.11. The Labute approximate surface area is 133 Å². The lowest BCUT2D eigenvalue weighted by Gasteiger charge is -2.02. The van der Waals surface area contributed by atoms with Crippen molar-refractivity contribution < 1.29 is 8.42 Å². The van der Waals surface area contributed by atoms with E-state index in [1.165, 1.54) is 6.07 Å². The van der Waals surface area contributed by atoms with Crippen LogP contribution in [-0.2, 0) is 16.4 Å². The van der Waals surface area contributed by atoms with Gasteiger partial charge in [-0.25, -0.2) is 18.1 Å². The quantitative estimate of drug-likeness (QED) is 0.835. The van der Waals surface area contributed by atoms with Crippen molar-refractivity contribution in [3.63, 3.8) is 0 Å².